The molecule has 1 aliphatic carbocycles. The second-order valence-corrected chi connectivity index (χ2v) is 6.87. The average molecular weight is 279 g/mol. The molecule has 2 atom stereocenters. The summed E-state index contributed by atoms with van der Waals surface area (Å²) in [4.78, 5) is 16.9. The van der Waals surface area contributed by atoms with Gasteiger partial charge >= 0.3 is 0 Å². The molecule has 3 rings (SSSR count). The molecule has 1 amide bonds. The third-order valence-corrected chi connectivity index (χ3v) is 5.14. The number of fused-ring (bicyclic) bond motifs is 1. The Balaban J connectivity index is 1.77. The van der Waals surface area contributed by atoms with E-state index in [9.17, 15) is 4.79 Å². The van der Waals surface area contributed by atoms with E-state index < -0.39 is 0 Å². The Morgan fingerprint density at radius 2 is 1.95 bits per heavy atom. The van der Waals surface area contributed by atoms with E-state index >= 15 is 0 Å². The molecule has 1 aliphatic heterocycles. The molecule has 2 heterocycles. The van der Waals surface area contributed by atoms with Crippen molar-refractivity contribution in [3.05, 3.63) is 21.4 Å². The molecule has 0 unspecified atom stereocenters. The van der Waals surface area contributed by atoms with Gasteiger partial charge in [-0.15, -0.1) is 11.3 Å². The number of carbonyl (C=O) groups is 1. The largest absolute Gasteiger partial charge is 0.372 e. The highest BCUT2D eigenvalue weighted by atomic mass is 32.1. The molecule has 1 fully saturated rings. The van der Waals surface area contributed by atoms with Crippen molar-refractivity contribution in [1.82, 2.24) is 4.90 Å². The molecule has 0 radical (unpaired) electrons. The van der Waals surface area contributed by atoms with Crippen LogP contribution in [0.1, 0.15) is 46.8 Å². The molecular weight excluding hydrogens is 258 g/mol. The van der Waals surface area contributed by atoms with Crippen LogP contribution in [0.5, 0.6) is 0 Å². The molecule has 0 bridgehead atoms. The lowest BCUT2D eigenvalue weighted by atomic mass is 9.99. The van der Waals surface area contributed by atoms with Crippen LogP contribution in [0, 0.1) is 0 Å². The predicted octanol–water partition coefficient (Wildman–Crippen LogP) is 2.88. The summed E-state index contributed by atoms with van der Waals surface area (Å²) in [6.07, 6.45) is 5.12. The zero-order valence-electron chi connectivity index (χ0n) is 11.6. The van der Waals surface area contributed by atoms with E-state index in [0.717, 1.165) is 17.7 Å². The summed E-state index contributed by atoms with van der Waals surface area (Å²) >= 11 is 1.71. The Labute approximate surface area is 118 Å². The molecule has 19 heavy (non-hydrogen) atoms. The number of amides is 1. The first-order valence-corrected chi connectivity index (χ1v) is 8.01. The SMILES string of the molecule is C[C@@H]1CN(C(=O)c2cc3c(s2)CCCC3)C[C@@H](C)O1. The number of aryl methyl sites for hydroxylation is 2. The van der Waals surface area contributed by atoms with Crippen LogP contribution >= 0.6 is 11.3 Å². The van der Waals surface area contributed by atoms with Crippen molar-refractivity contribution in [2.45, 2.75) is 51.7 Å². The highest BCUT2D eigenvalue weighted by Crippen LogP contribution is 2.30. The minimum Gasteiger partial charge on any atom is -0.372 e. The molecule has 0 saturated carbocycles. The van der Waals surface area contributed by atoms with Crippen molar-refractivity contribution in [2.75, 3.05) is 13.1 Å². The quantitative estimate of drug-likeness (QED) is 0.791. The van der Waals surface area contributed by atoms with E-state index in [2.05, 4.69) is 6.07 Å². The zero-order valence-corrected chi connectivity index (χ0v) is 12.5. The topological polar surface area (TPSA) is 29.5 Å². The Kier molecular flexibility index (Phi) is 3.63. The zero-order chi connectivity index (χ0) is 13.4. The highest BCUT2D eigenvalue weighted by molar-refractivity contribution is 7.14. The van der Waals surface area contributed by atoms with Gasteiger partial charge in [0.25, 0.3) is 5.91 Å². The Morgan fingerprint density at radius 1 is 1.26 bits per heavy atom. The van der Waals surface area contributed by atoms with E-state index in [0.29, 0.717) is 13.1 Å². The molecule has 0 aromatic carbocycles. The number of nitrogens with zero attached hydrogens (tertiary/aromatic N) is 1. The lowest BCUT2D eigenvalue weighted by Gasteiger charge is -2.35. The molecule has 3 nitrogen and oxygen atoms in total. The number of hydrogen-bond acceptors (Lipinski definition) is 3. The fourth-order valence-corrected chi connectivity index (χ4v) is 4.32. The number of ether oxygens (including phenoxy) is 1. The minimum atomic E-state index is 0.141. The van der Waals surface area contributed by atoms with Gasteiger partial charge in [-0.25, -0.2) is 0 Å². The van der Waals surface area contributed by atoms with Crippen molar-refractivity contribution >= 4 is 17.2 Å². The van der Waals surface area contributed by atoms with Crippen LogP contribution in [-0.4, -0.2) is 36.1 Å². The van der Waals surface area contributed by atoms with Gasteiger partial charge in [-0.05, 0) is 51.2 Å². The maximum Gasteiger partial charge on any atom is 0.264 e. The molecule has 104 valence electrons. The lowest BCUT2D eigenvalue weighted by Crippen LogP contribution is -2.48. The van der Waals surface area contributed by atoms with Crippen LogP contribution in [-0.2, 0) is 17.6 Å². The molecular formula is C15H21NO2S. The molecule has 1 aromatic rings. The van der Waals surface area contributed by atoms with Crippen LogP contribution in [0.25, 0.3) is 0 Å². The maximum absolute atomic E-state index is 12.6. The van der Waals surface area contributed by atoms with Crippen molar-refractivity contribution < 1.29 is 9.53 Å². The van der Waals surface area contributed by atoms with Crippen molar-refractivity contribution in [3.8, 4) is 0 Å². The van der Waals surface area contributed by atoms with Crippen molar-refractivity contribution in [1.29, 1.82) is 0 Å². The van der Waals surface area contributed by atoms with Gasteiger partial charge in [-0.1, -0.05) is 0 Å². The number of thiophene rings is 1. The van der Waals surface area contributed by atoms with Gasteiger partial charge in [0, 0.05) is 18.0 Å². The normalized spacial score (nSPS) is 27.2. The number of rotatable bonds is 1. The van der Waals surface area contributed by atoms with E-state index in [4.69, 9.17) is 4.74 Å². The van der Waals surface area contributed by atoms with Gasteiger partial charge < -0.3 is 9.64 Å². The summed E-state index contributed by atoms with van der Waals surface area (Å²) < 4.78 is 5.69. The average Bonchev–Trinajstić information content (AvgIpc) is 2.80. The van der Waals surface area contributed by atoms with E-state index in [1.165, 1.54) is 23.3 Å². The van der Waals surface area contributed by atoms with E-state index in [-0.39, 0.29) is 18.1 Å². The second kappa shape index (κ2) is 5.25. The first-order valence-electron chi connectivity index (χ1n) is 7.20. The summed E-state index contributed by atoms with van der Waals surface area (Å²) in [7, 11) is 0. The first kappa shape index (κ1) is 13.1. The Hall–Kier alpha value is -0.870. The summed E-state index contributed by atoms with van der Waals surface area (Å²) in [6.45, 7) is 5.50. The van der Waals surface area contributed by atoms with Gasteiger partial charge in [-0.2, -0.15) is 0 Å². The van der Waals surface area contributed by atoms with Crippen LogP contribution in [0.15, 0.2) is 6.07 Å². The van der Waals surface area contributed by atoms with Crippen LogP contribution < -0.4 is 0 Å². The van der Waals surface area contributed by atoms with Crippen LogP contribution in [0.4, 0.5) is 0 Å². The van der Waals surface area contributed by atoms with E-state index in [1.54, 1.807) is 11.3 Å². The Bertz CT molecular complexity index is 449. The number of morpholine rings is 1. The molecule has 4 heteroatoms. The monoisotopic (exact) mass is 279 g/mol. The molecule has 0 N–H and O–H groups in total. The van der Waals surface area contributed by atoms with Crippen LogP contribution in [0.3, 0.4) is 0 Å². The summed E-state index contributed by atoms with van der Waals surface area (Å²) in [6, 6.07) is 2.13. The number of hydrogen-bond donors (Lipinski definition) is 0. The standard InChI is InChI=1S/C15H21NO2S/c1-10-8-16(9-11(2)18-10)15(17)14-7-12-5-3-4-6-13(12)19-14/h7,10-11H,3-6,8-9H2,1-2H3/t10-,11-/m1/s1. The lowest BCUT2D eigenvalue weighted by molar-refractivity contribution is -0.0585. The first-order chi connectivity index (χ1) is 9.13. The second-order valence-electron chi connectivity index (χ2n) is 5.73. The highest BCUT2D eigenvalue weighted by Gasteiger charge is 2.28. The molecule has 2 aliphatic rings. The fourth-order valence-electron chi connectivity index (χ4n) is 3.10. The van der Waals surface area contributed by atoms with Gasteiger partial charge in [0.05, 0.1) is 17.1 Å². The minimum absolute atomic E-state index is 0.141. The fraction of sp³-hybridized carbons (Fsp3) is 0.667. The third kappa shape index (κ3) is 2.70. The molecule has 1 aromatic heterocycles. The predicted molar refractivity (Wildman–Crippen MR) is 76.9 cm³/mol. The van der Waals surface area contributed by atoms with Crippen molar-refractivity contribution in [3.63, 3.8) is 0 Å². The Morgan fingerprint density at radius 3 is 2.63 bits per heavy atom. The summed E-state index contributed by atoms with van der Waals surface area (Å²) in [5, 5.41) is 0. The molecule has 0 spiro atoms. The van der Waals surface area contributed by atoms with Gasteiger partial charge in [0.2, 0.25) is 0 Å². The van der Waals surface area contributed by atoms with Crippen molar-refractivity contribution in [2.24, 2.45) is 0 Å². The van der Waals surface area contributed by atoms with Gasteiger partial charge in [0.15, 0.2) is 0 Å². The third-order valence-electron chi connectivity index (χ3n) is 3.91. The summed E-state index contributed by atoms with van der Waals surface area (Å²) in [5.41, 5.74) is 1.41. The smallest absolute Gasteiger partial charge is 0.264 e. The summed E-state index contributed by atoms with van der Waals surface area (Å²) in [5.74, 6) is 0.196. The number of carbonyl (C=O) groups excluding carboxylic acids is 1. The van der Waals surface area contributed by atoms with Crippen LogP contribution in [0.2, 0.25) is 0 Å². The van der Waals surface area contributed by atoms with Gasteiger partial charge in [-0.3, -0.25) is 4.79 Å². The van der Waals surface area contributed by atoms with Gasteiger partial charge in [0.1, 0.15) is 0 Å². The maximum atomic E-state index is 12.6. The van der Waals surface area contributed by atoms with E-state index in [1.807, 2.05) is 18.7 Å². The molecule has 1 saturated heterocycles.